The molecular weight excluding hydrogens is 162 g/mol. The predicted molar refractivity (Wildman–Crippen MR) is 58.0 cm³/mol. The van der Waals surface area contributed by atoms with Gasteiger partial charge in [0.05, 0.1) is 13.2 Å². The molecule has 0 heterocycles. The van der Waals surface area contributed by atoms with Gasteiger partial charge < -0.3 is 10.1 Å². The van der Waals surface area contributed by atoms with Crippen molar-refractivity contribution < 1.29 is 4.74 Å². The standard InChI is InChI=1S/C11H23NO/c1-4-5-7-12-8-10-13-9-6-11(2)3/h12H,2,4-10H2,1,3H3. The van der Waals surface area contributed by atoms with Crippen molar-refractivity contribution in [2.75, 3.05) is 26.3 Å². The molecule has 0 aromatic carbocycles. The fourth-order valence-corrected chi connectivity index (χ4v) is 0.920. The molecule has 2 nitrogen and oxygen atoms in total. The Labute approximate surface area is 82.4 Å². The summed E-state index contributed by atoms with van der Waals surface area (Å²) in [4.78, 5) is 0. The Morgan fingerprint density at radius 2 is 2.08 bits per heavy atom. The number of nitrogens with one attached hydrogen (secondary N) is 1. The fraction of sp³-hybridized carbons (Fsp3) is 0.818. The van der Waals surface area contributed by atoms with Crippen LogP contribution in [0.1, 0.15) is 33.1 Å². The number of hydrogen-bond donors (Lipinski definition) is 1. The van der Waals surface area contributed by atoms with Crippen molar-refractivity contribution in [2.45, 2.75) is 33.1 Å². The molecule has 2 heteroatoms. The summed E-state index contributed by atoms with van der Waals surface area (Å²) in [6.07, 6.45) is 3.49. The number of ether oxygens (including phenoxy) is 1. The minimum Gasteiger partial charge on any atom is -0.380 e. The summed E-state index contributed by atoms with van der Waals surface area (Å²) in [5, 5.41) is 3.33. The second-order valence-electron chi connectivity index (χ2n) is 3.42. The first-order chi connectivity index (χ1) is 6.27. The van der Waals surface area contributed by atoms with Crippen LogP contribution in [-0.2, 0) is 4.74 Å². The maximum absolute atomic E-state index is 5.40. The summed E-state index contributed by atoms with van der Waals surface area (Å²) in [6, 6.07) is 0. The van der Waals surface area contributed by atoms with E-state index in [1.807, 2.05) is 6.92 Å². The average Bonchev–Trinajstić information content (AvgIpc) is 2.09. The van der Waals surface area contributed by atoms with Crippen molar-refractivity contribution in [3.63, 3.8) is 0 Å². The van der Waals surface area contributed by atoms with Crippen molar-refractivity contribution in [3.8, 4) is 0 Å². The lowest BCUT2D eigenvalue weighted by Crippen LogP contribution is -2.20. The topological polar surface area (TPSA) is 21.3 Å². The van der Waals surface area contributed by atoms with Crippen LogP contribution >= 0.6 is 0 Å². The van der Waals surface area contributed by atoms with Gasteiger partial charge in [0.1, 0.15) is 0 Å². The summed E-state index contributed by atoms with van der Waals surface area (Å²) in [7, 11) is 0. The quantitative estimate of drug-likeness (QED) is 0.440. The largest absolute Gasteiger partial charge is 0.380 e. The second-order valence-corrected chi connectivity index (χ2v) is 3.42. The van der Waals surface area contributed by atoms with Crippen LogP contribution in [0.4, 0.5) is 0 Å². The molecule has 0 saturated carbocycles. The maximum atomic E-state index is 5.40. The van der Waals surface area contributed by atoms with Crippen molar-refractivity contribution in [1.82, 2.24) is 5.32 Å². The van der Waals surface area contributed by atoms with Gasteiger partial charge in [0.2, 0.25) is 0 Å². The van der Waals surface area contributed by atoms with Crippen molar-refractivity contribution >= 4 is 0 Å². The Bertz CT molecular complexity index is 123. The molecule has 0 radical (unpaired) electrons. The predicted octanol–water partition coefficient (Wildman–Crippen LogP) is 2.36. The molecule has 13 heavy (non-hydrogen) atoms. The first kappa shape index (κ1) is 12.7. The monoisotopic (exact) mass is 185 g/mol. The highest BCUT2D eigenvalue weighted by molar-refractivity contribution is 4.86. The van der Waals surface area contributed by atoms with Gasteiger partial charge in [-0.1, -0.05) is 18.9 Å². The lowest BCUT2D eigenvalue weighted by atomic mass is 10.3. The van der Waals surface area contributed by atoms with E-state index < -0.39 is 0 Å². The van der Waals surface area contributed by atoms with Crippen molar-refractivity contribution in [2.24, 2.45) is 0 Å². The minimum atomic E-state index is 0.810. The molecule has 0 amide bonds. The van der Waals surface area contributed by atoms with E-state index in [1.165, 1.54) is 18.4 Å². The third-order valence-electron chi connectivity index (χ3n) is 1.80. The third kappa shape index (κ3) is 11.7. The van der Waals surface area contributed by atoms with Crippen LogP contribution < -0.4 is 5.32 Å². The van der Waals surface area contributed by atoms with E-state index in [4.69, 9.17) is 4.74 Å². The Kier molecular flexibility index (Phi) is 9.49. The molecule has 0 spiro atoms. The zero-order valence-electron chi connectivity index (χ0n) is 9.07. The summed E-state index contributed by atoms with van der Waals surface area (Å²) in [5.74, 6) is 0. The zero-order chi connectivity index (χ0) is 9.94. The van der Waals surface area contributed by atoms with Crippen LogP contribution in [0.15, 0.2) is 12.2 Å². The van der Waals surface area contributed by atoms with Gasteiger partial charge in [0, 0.05) is 6.54 Å². The second kappa shape index (κ2) is 9.75. The molecule has 0 saturated heterocycles. The molecule has 0 unspecified atom stereocenters. The Morgan fingerprint density at radius 3 is 2.69 bits per heavy atom. The number of hydrogen-bond acceptors (Lipinski definition) is 2. The van der Waals surface area contributed by atoms with Gasteiger partial charge in [-0.2, -0.15) is 0 Å². The van der Waals surface area contributed by atoms with E-state index in [0.29, 0.717) is 0 Å². The van der Waals surface area contributed by atoms with Crippen LogP contribution in [0.3, 0.4) is 0 Å². The molecule has 1 N–H and O–H groups in total. The van der Waals surface area contributed by atoms with E-state index in [2.05, 4.69) is 18.8 Å². The van der Waals surface area contributed by atoms with Gasteiger partial charge in [-0.25, -0.2) is 0 Å². The smallest absolute Gasteiger partial charge is 0.0591 e. The maximum Gasteiger partial charge on any atom is 0.0591 e. The van der Waals surface area contributed by atoms with Gasteiger partial charge in [0.25, 0.3) is 0 Å². The normalized spacial score (nSPS) is 10.3. The molecule has 78 valence electrons. The molecule has 0 aromatic heterocycles. The van der Waals surface area contributed by atoms with Gasteiger partial charge in [-0.05, 0) is 26.3 Å². The summed E-state index contributed by atoms with van der Waals surface area (Å²) in [6.45, 7) is 11.8. The van der Waals surface area contributed by atoms with Crippen molar-refractivity contribution in [3.05, 3.63) is 12.2 Å². The molecule has 0 rings (SSSR count). The van der Waals surface area contributed by atoms with E-state index in [0.717, 1.165) is 32.7 Å². The molecule has 0 aromatic rings. The van der Waals surface area contributed by atoms with Crippen LogP contribution in [0.2, 0.25) is 0 Å². The minimum absolute atomic E-state index is 0.810. The average molecular weight is 185 g/mol. The highest BCUT2D eigenvalue weighted by Gasteiger charge is 1.89. The van der Waals surface area contributed by atoms with Gasteiger partial charge >= 0.3 is 0 Å². The van der Waals surface area contributed by atoms with E-state index in [1.54, 1.807) is 0 Å². The van der Waals surface area contributed by atoms with E-state index in [-0.39, 0.29) is 0 Å². The molecule has 0 aliphatic rings. The Hall–Kier alpha value is -0.340. The van der Waals surface area contributed by atoms with Gasteiger partial charge in [0.15, 0.2) is 0 Å². The molecule has 0 atom stereocenters. The molecule has 0 aliphatic heterocycles. The summed E-state index contributed by atoms with van der Waals surface area (Å²) in [5.41, 5.74) is 1.19. The van der Waals surface area contributed by atoms with E-state index in [9.17, 15) is 0 Å². The molecule has 0 fully saturated rings. The number of unbranched alkanes of at least 4 members (excludes halogenated alkanes) is 1. The number of rotatable bonds is 9. The lowest BCUT2D eigenvalue weighted by molar-refractivity contribution is 0.139. The van der Waals surface area contributed by atoms with Crippen molar-refractivity contribution in [1.29, 1.82) is 0 Å². The SMILES string of the molecule is C=C(C)CCOCCNCCCC. The lowest BCUT2D eigenvalue weighted by Gasteiger charge is -2.05. The van der Waals surface area contributed by atoms with Gasteiger partial charge in [-0.15, -0.1) is 6.58 Å². The van der Waals surface area contributed by atoms with Crippen LogP contribution in [0.5, 0.6) is 0 Å². The Balaban J connectivity index is 2.87. The molecule has 0 bridgehead atoms. The van der Waals surface area contributed by atoms with E-state index >= 15 is 0 Å². The zero-order valence-corrected chi connectivity index (χ0v) is 9.07. The molecular formula is C11H23NO. The highest BCUT2D eigenvalue weighted by Crippen LogP contribution is 1.94. The Morgan fingerprint density at radius 1 is 1.31 bits per heavy atom. The van der Waals surface area contributed by atoms with Crippen LogP contribution in [0, 0.1) is 0 Å². The van der Waals surface area contributed by atoms with Gasteiger partial charge in [-0.3, -0.25) is 0 Å². The highest BCUT2D eigenvalue weighted by atomic mass is 16.5. The first-order valence-electron chi connectivity index (χ1n) is 5.20. The van der Waals surface area contributed by atoms with Crippen LogP contribution in [0.25, 0.3) is 0 Å². The summed E-state index contributed by atoms with van der Waals surface area (Å²) < 4.78 is 5.40. The fourth-order valence-electron chi connectivity index (χ4n) is 0.920. The molecule has 0 aliphatic carbocycles. The third-order valence-corrected chi connectivity index (χ3v) is 1.80. The first-order valence-corrected chi connectivity index (χ1v) is 5.20. The summed E-state index contributed by atoms with van der Waals surface area (Å²) >= 11 is 0. The van der Waals surface area contributed by atoms with Crippen LogP contribution in [-0.4, -0.2) is 26.3 Å².